The van der Waals surface area contributed by atoms with Gasteiger partial charge in [0.1, 0.15) is 0 Å². The van der Waals surface area contributed by atoms with E-state index >= 15 is 0 Å². The van der Waals surface area contributed by atoms with Gasteiger partial charge in [-0.15, -0.1) is 0 Å². The summed E-state index contributed by atoms with van der Waals surface area (Å²) in [5.41, 5.74) is 1.36. The van der Waals surface area contributed by atoms with Crippen LogP contribution < -0.4 is 0 Å². The maximum atomic E-state index is 12.7. The molecule has 0 aliphatic rings. The summed E-state index contributed by atoms with van der Waals surface area (Å²) in [5.74, 6) is 5.69. The van der Waals surface area contributed by atoms with Crippen molar-refractivity contribution in [3.63, 3.8) is 0 Å². The molecule has 4 nitrogen and oxygen atoms in total. The summed E-state index contributed by atoms with van der Waals surface area (Å²) in [4.78, 5) is 0.300. The summed E-state index contributed by atoms with van der Waals surface area (Å²) in [6.45, 7) is 7.77. The zero-order valence-corrected chi connectivity index (χ0v) is 13.9. The molecule has 0 aliphatic heterocycles. The van der Waals surface area contributed by atoms with Crippen LogP contribution in [0.3, 0.4) is 0 Å². The first-order valence-corrected chi connectivity index (χ1v) is 8.50. The van der Waals surface area contributed by atoms with Gasteiger partial charge in [-0.3, -0.25) is 0 Å². The van der Waals surface area contributed by atoms with Crippen molar-refractivity contribution >= 4 is 10.0 Å². The Kier molecular flexibility index (Phi) is 6.41. The van der Waals surface area contributed by atoms with Crippen molar-refractivity contribution < 1.29 is 13.5 Å². The van der Waals surface area contributed by atoms with Crippen LogP contribution in [0.4, 0.5) is 0 Å². The van der Waals surface area contributed by atoms with Crippen molar-refractivity contribution in [1.29, 1.82) is 0 Å². The first-order valence-electron chi connectivity index (χ1n) is 7.06. The lowest BCUT2D eigenvalue weighted by Gasteiger charge is -2.25. The number of rotatable bonds is 5. The van der Waals surface area contributed by atoms with E-state index in [-0.39, 0.29) is 12.6 Å². The van der Waals surface area contributed by atoms with Crippen molar-refractivity contribution in [2.75, 3.05) is 13.2 Å². The highest BCUT2D eigenvalue weighted by Gasteiger charge is 2.27. The predicted molar refractivity (Wildman–Crippen MR) is 84.5 cm³/mol. The van der Waals surface area contributed by atoms with Crippen LogP contribution in [0.1, 0.15) is 38.3 Å². The van der Waals surface area contributed by atoms with E-state index in [9.17, 15) is 8.42 Å². The summed E-state index contributed by atoms with van der Waals surface area (Å²) in [6, 6.07) is 5.08. The quantitative estimate of drug-likeness (QED) is 0.848. The van der Waals surface area contributed by atoms with Crippen LogP contribution in [-0.4, -0.2) is 37.0 Å². The molecule has 0 saturated carbocycles. The second kappa shape index (κ2) is 7.60. The lowest BCUT2D eigenvalue weighted by molar-refractivity contribution is 0.305. The first kappa shape index (κ1) is 17.7. The molecule has 0 atom stereocenters. The van der Waals surface area contributed by atoms with E-state index in [1.165, 1.54) is 4.31 Å². The standard InChI is InChI=1S/C16H23NO3S/c1-5-17(13(2)3)21(19,20)16-12-15(8-6-7-11-18)10-9-14(16)4/h9-10,12-13,18H,5,7,11H2,1-4H3. The molecule has 0 saturated heterocycles. The largest absolute Gasteiger partial charge is 0.395 e. The van der Waals surface area contributed by atoms with Crippen molar-refractivity contribution in [3.05, 3.63) is 29.3 Å². The highest BCUT2D eigenvalue weighted by atomic mass is 32.2. The second-order valence-corrected chi connectivity index (χ2v) is 6.92. The molecule has 21 heavy (non-hydrogen) atoms. The number of sulfonamides is 1. The normalized spacial score (nSPS) is 11.6. The third-order valence-corrected chi connectivity index (χ3v) is 5.42. The summed E-state index contributed by atoms with van der Waals surface area (Å²) in [5, 5.41) is 8.73. The van der Waals surface area contributed by atoms with Gasteiger partial charge in [-0.2, -0.15) is 4.31 Å². The van der Waals surface area contributed by atoms with Crippen LogP contribution >= 0.6 is 0 Å². The lowest BCUT2D eigenvalue weighted by atomic mass is 10.1. The molecule has 1 N–H and O–H groups in total. The monoisotopic (exact) mass is 309 g/mol. The second-order valence-electron chi connectivity index (χ2n) is 5.06. The van der Waals surface area contributed by atoms with Gasteiger partial charge in [-0.05, 0) is 38.5 Å². The third-order valence-electron chi connectivity index (χ3n) is 3.13. The molecule has 0 radical (unpaired) electrons. The van der Waals surface area contributed by atoms with E-state index in [1.54, 1.807) is 25.1 Å². The van der Waals surface area contributed by atoms with Crippen LogP contribution in [0, 0.1) is 18.8 Å². The van der Waals surface area contributed by atoms with Gasteiger partial charge in [0.05, 0.1) is 11.5 Å². The fourth-order valence-electron chi connectivity index (χ4n) is 2.12. The van der Waals surface area contributed by atoms with Crippen molar-refractivity contribution in [2.45, 2.75) is 45.1 Å². The van der Waals surface area contributed by atoms with Crippen LogP contribution in [-0.2, 0) is 10.0 Å². The SMILES string of the molecule is CCN(C(C)C)S(=O)(=O)c1cc(C#CCCO)ccc1C. The fraction of sp³-hybridized carbons (Fsp3) is 0.500. The minimum atomic E-state index is -3.52. The molecule has 116 valence electrons. The highest BCUT2D eigenvalue weighted by molar-refractivity contribution is 7.89. The molecule has 0 fully saturated rings. The molecule has 0 heterocycles. The zero-order valence-electron chi connectivity index (χ0n) is 13.0. The fourth-order valence-corrected chi connectivity index (χ4v) is 4.01. The predicted octanol–water partition coefficient (Wildman–Crippen LogP) is 2.15. The van der Waals surface area contributed by atoms with E-state index in [2.05, 4.69) is 11.8 Å². The number of nitrogens with zero attached hydrogens (tertiary/aromatic N) is 1. The van der Waals surface area contributed by atoms with Crippen molar-refractivity contribution in [2.24, 2.45) is 0 Å². The topological polar surface area (TPSA) is 57.6 Å². The average molecular weight is 309 g/mol. The summed E-state index contributed by atoms with van der Waals surface area (Å²) in [6.07, 6.45) is 0.378. The third kappa shape index (κ3) is 4.31. The Morgan fingerprint density at radius 3 is 2.52 bits per heavy atom. The number of aliphatic hydroxyl groups excluding tert-OH is 1. The van der Waals surface area contributed by atoms with E-state index in [4.69, 9.17) is 5.11 Å². The Bertz CT molecular complexity index is 639. The maximum Gasteiger partial charge on any atom is 0.243 e. The smallest absolute Gasteiger partial charge is 0.243 e. The number of benzene rings is 1. The summed E-state index contributed by atoms with van der Waals surface area (Å²) < 4.78 is 27.0. The van der Waals surface area contributed by atoms with E-state index < -0.39 is 10.0 Å². The van der Waals surface area contributed by atoms with Gasteiger partial charge in [-0.1, -0.05) is 24.8 Å². The molecule has 1 aromatic carbocycles. The Hall–Kier alpha value is -1.35. The van der Waals surface area contributed by atoms with Gasteiger partial charge in [0.15, 0.2) is 0 Å². The van der Waals surface area contributed by atoms with Crippen molar-refractivity contribution in [1.82, 2.24) is 4.31 Å². The van der Waals surface area contributed by atoms with Gasteiger partial charge in [0.25, 0.3) is 0 Å². The summed E-state index contributed by atoms with van der Waals surface area (Å²) >= 11 is 0. The first-order chi connectivity index (χ1) is 9.84. The molecular weight excluding hydrogens is 286 g/mol. The molecule has 0 spiro atoms. The zero-order chi connectivity index (χ0) is 16.0. The number of hydrogen-bond acceptors (Lipinski definition) is 3. The van der Waals surface area contributed by atoms with Gasteiger partial charge >= 0.3 is 0 Å². The van der Waals surface area contributed by atoms with Crippen LogP contribution in [0.15, 0.2) is 23.1 Å². The van der Waals surface area contributed by atoms with Crippen molar-refractivity contribution in [3.8, 4) is 11.8 Å². The highest BCUT2D eigenvalue weighted by Crippen LogP contribution is 2.22. The maximum absolute atomic E-state index is 12.7. The molecule has 0 unspecified atom stereocenters. The van der Waals surface area contributed by atoms with Gasteiger partial charge in [0.2, 0.25) is 10.0 Å². The van der Waals surface area contributed by atoms with E-state index in [0.29, 0.717) is 29.0 Å². The lowest BCUT2D eigenvalue weighted by Crippen LogP contribution is -2.37. The van der Waals surface area contributed by atoms with E-state index in [0.717, 1.165) is 0 Å². The van der Waals surface area contributed by atoms with E-state index in [1.807, 2.05) is 20.8 Å². The Morgan fingerprint density at radius 2 is 2.00 bits per heavy atom. The Morgan fingerprint density at radius 1 is 1.33 bits per heavy atom. The minimum Gasteiger partial charge on any atom is -0.395 e. The number of aryl methyl sites for hydroxylation is 1. The molecule has 1 rings (SSSR count). The van der Waals surface area contributed by atoms with Gasteiger partial charge < -0.3 is 5.11 Å². The molecule has 0 bridgehead atoms. The average Bonchev–Trinajstić information content (AvgIpc) is 2.40. The minimum absolute atomic E-state index is 0.000971. The Balaban J connectivity index is 3.29. The number of hydrogen-bond donors (Lipinski definition) is 1. The summed E-state index contributed by atoms with van der Waals surface area (Å²) in [7, 11) is -3.52. The van der Waals surface area contributed by atoms with Crippen LogP contribution in [0.25, 0.3) is 0 Å². The van der Waals surface area contributed by atoms with Gasteiger partial charge in [0, 0.05) is 24.6 Å². The van der Waals surface area contributed by atoms with Gasteiger partial charge in [-0.25, -0.2) is 8.42 Å². The molecular formula is C16H23NO3S. The van der Waals surface area contributed by atoms with Crippen LogP contribution in [0.2, 0.25) is 0 Å². The molecule has 0 amide bonds. The molecule has 0 aliphatic carbocycles. The van der Waals surface area contributed by atoms with Crippen LogP contribution in [0.5, 0.6) is 0 Å². The Labute approximate surface area is 127 Å². The molecule has 5 heteroatoms. The molecule has 0 aromatic heterocycles. The molecule has 1 aromatic rings. The number of aliphatic hydroxyl groups is 1.